The quantitative estimate of drug-likeness (QED) is 0.848. The van der Waals surface area contributed by atoms with Gasteiger partial charge in [0.25, 0.3) is 0 Å². The van der Waals surface area contributed by atoms with Crippen molar-refractivity contribution in [3.05, 3.63) is 35.4 Å². The number of carbonyl (C=O) groups is 1. The monoisotopic (exact) mass is 233 g/mol. The largest absolute Gasteiger partial charge is 0.480 e. The number of nitrogens with zero attached hydrogens (tertiary/aromatic N) is 1. The summed E-state index contributed by atoms with van der Waals surface area (Å²) in [6.07, 6.45) is 2.10. The summed E-state index contributed by atoms with van der Waals surface area (Å²) >= 11 is 0. The van der Waals surface area contributed by atoms with Gasteiger partial charge in [-0.2, -0.15) is 0 Å². The molecule has 0 radical (unpaired) electrons. The molecule has 92 valence electrons. The first-order valence-corrected chi connectivity index (χ1v) is 6.06. The Balaban J connectivity index is 2.04. The van der Waals surface area contributed by atoms with Crippen molar-refractivity contribution in [3.8, 4) is 0 Å². The Morgan fingerprint density at radius 2 is 2.24 bits per heavy atom. The molecule has 0 saturated heterocycles. The average molecular weight is 233 g/mol. The highest BCUT2D eigenvalue weighted by Crippen LogP contribution is 2.35. The Bertz CT molecular complexity index is 412. The van der Waals surface area contributed by atoms with Gasteiger partial charge in [0.15, 0.2) is 0 Å². The molecule has 0 aromatic heterocycles. The number of hydrogen-bond donors (Lipinski definition) is 1. The summed E-state index contributed by atoms with van der Waals surface area (Å²) in [4.78, 5) is 13.2. The predicted molar refractivity (Wildman–Crippen MR) is 66.8 cm³/mol. The van der Waals surface area contributed by atoms with Gasteiger partial charge in [-0.25, -0.2) is 0 Å². The maximum absolute atomic E-state index is 11.2. The Labute approximate surface area is 102 Å². The molecular formula is C14H19NO2. The van der Waals surface area contributed by atoms with Gasteiger partial charge in [-0.15, -0.1) is 0 Å². The Hall–Kier alpha value is -1.35. The van der Waals surface area contributed by atoms with Crippen molar-refractivity contribution in [2.75, 3.05) is 7.05 Å². The second-order valence-electron chi connectivity index (χ2n) is 5.02. The van der Waals surface area contributed by atoms with Gasteiger partial charge in [-0.05, 0) is 38.3 Å². The van der Waals surface area contributed by atoms with Crippen LogP contribution in [0.15, 0.2) is 24.3 Å². The van der Waals surface area contributed by atoms with Crippen LogP contribution in [-0.2, 0) is 11.3 Å². The number of hydrogen-bond acceptors (Lipinski definition) is 2. The van der Waals surface area contributed by atoms with Crippen molar-refractivity contribution >= 4 is 5.97 Å². The number of aryl methyl sites for hydroxylation is 1. The number of aliphatic carboxylic acids is 1. The third kappa shape index (κ3) is 3.07. The molecule has 0 amide bonds. The van der Waals surface area contributed by atoms with Crippen LogP contribution in [0.4, 0.5) is 0 Å². The molecule has 1 aromatic carbocycles. The van der Waals surface area contributed by atoms with Crippen molar-refractivity contribution in [1.82, 2.24) is 4.90 Å². The van der Waals surface area contributed by atoms with Crippen LogP contribution in [0.1, 0.15) is 24.0 Å². The molecule has 3 heteroatoms. The van der Waals surface area contributed by atoms with Gasteiger partial charge in [-0.1, -0.05) is 29.8 Å². The zero-order valence-electron chi connectivity index (χ0n) is 10.4. The fraction of sp³-hybridized carbons (Fsp3) is 0.500. The van der Waals surface area contributed by atoms with Gasteiger partial charge >= 0.3 is 5.97 Å². The maximum atomic E-state index is 11.2. The van der Waals surface area contributed by atoms with E-state index in [4.69, 9.17) is 0 Å². The summed E-state index contributed by atoms with van der Waals surface area (Å²) in [7, 11) is 1.90. The molecular weight excluding hydrogens is 214 g/mol. The third-order valence-corrected chi connectivity index (χ3v) is 3.31. The van der Waals surface area contributed by atoms with E-state index in [1.54, 1.807) is 0 Å². The number of carboxylic acid groups (broad SMARTS) is 1. The van der Waals surface area contributed by atoms with E-state index in [2.05, 4.69) is 25.1 Å². The topological polar surface area (TPSA) is 40.5 Å². The molecule has 1 saturated carbocycles. The standard InChI is InChI=1S/C14H19NO2/c1-10-4-3-5-11(8-10)9-15(2)13(14(16)17)12-6-7-12/h3-5,8,12-13H,6-7,9H2,1-2H3,(H,16,17). The lowest BCUT2D eigenvalue weighted by Crippen LogP contribution is -2.39. The highest BCUT2D eigenvalue weighted by molar-refractivity contribution is 5.74. The first-order valence-electron chi connectivity index (χ1n) is 6.06. The Kier molecular flexibility index (Phi) is 3.48. The van der Waals surface area contributed by atoms with Gasteiger partial charge in [0.2, 0.25) is 0 Å². The molecule has 1 aliphatic carbocycles. The number of carboxylic acids is 1. The van der Waals surface area contributed by atoms with Gasteiger partial charge < -0.3 is 5.11 Å². The van der Waals surface area contributed by atoms with Crippen molar-refractivity contribution < 1.29 is 9.90 Å². The third-order valence-electron chi connectivity index (χ3n) is 3.31. The summed E-state index contributed by atoms with van der Waals surface area (Å²) in [6, 6.07) is 7.91. The number of rotatable bonds is 5. The Morgan fingerprint density at radius 1 is 1.53 bits per heavy atom. The molecule has 0 bridgehead atoms. The molecule has 1 aliphatic rings. The van der Waals surface area contributed by atoms with Crippen LogP contribution in [-0.4, -0.2) is 29.1 Å². The van der Waals surface area contributed by atoms with E-state index in [0.29, 0.717) is 12.5 Å². The summed E-state index contributed by atoms with van der Waals surface area (Å²) in [6.45, 7) is 2.76. The fourth-order valence-electron chi connectivity index (χ4n) is 2.36. The highest BCUT2D eigenvalue weighted by Gasteiger charge is 2.38. The van der Waals surface area contributed by atoms with E-state index in [1.165, 1.54) is 11.1 Å². The van der Waals surface area contributed by atoms with E-state index in [1.807, 2.05) is 18.0 Å². The summed E-state index contributed by atoms with van der Waals surface area (Å²) < 4.78 is 0. The number of benzene rings is 1. The van der Waals surface area contributed by atoms with Gasteiger partial charge in [-0.3, -0.25) is 9.69 Å². The molecule has 0 aliphatic heterocycles. The van der Waals surface area contributed by atoms with Gasteiger partial charge in [0.1, 0.15) is 6.04 Å². The summed E-state index contributed by atoms with van der Waals surface area (Å²) in [5.74, 6) is -0.343. The van der Waals surface area contributed by atoms with Crippen LogP contribution in [0, 0.1) is 12.8 Å². The van der Waals surface area contributed by atoms with Crippen LogP contribution >= 0.6 is 0 Å². The zero-order chi connectivity index (χ0) is 12.4. The lowest BCUT2D eigenvalue weighted by atomic mass is 10.1. The number of likely N-dealkylation sites (N-methyl/N-ethyl adjacent to an activating group) is 1. The van der Waals surface area contributed by atoms with Crippen LogP contribution < -0.4 is 0 Å². The Morgan fingerprint density at radius 3 is 2.76 bits per heavy atom. The maximum Gasteiger partial charge on any atom is 0.321 e. The first kappa shape index (κ1) is 12.1. The first-order chi connectivity index (χ1) is 8.08. The van der Waals surface area contributed by atoms with Crippen LogP contribution in [0.2, 0.25) is 0 Å². The molecule has 3 nitrogen and oxygen atoms in total. The molecule has 1 fully saturated rings. The smallest absolute Gasteiger partial charge is 0.321 e. The minimum Gasteiger partial charge on any atom is -0.480 e. The van der Waals surface area contributed by atoms with Crippen LogP contribution in [0.25, 0.3) is 0 Å². The van der Waals surface area contributed by atoms with Gasteiger partial charge in [0.05, 0.1) is 0 Å². The summed E-state index contributed by atoms with van der Waals surface area (Å²) in [5.41, 5.74) is 2.40. The van der Waals surface area contributed by atoms with Crippen molar-refractivity contribution in [2.45, 2.75) is 32.4 Å². The molecule has 2 rings (SSSR count). The van der Waals surface area contributed by atoms with Crippen LogP contribution in [0.3, 0.4) is 0 Å². The SMILES string of the molecule is Cc1cccc(CN(C)C(C(=O)O)C2CC2)c1. The molecule has 17 heavy (non-hydrogen) atoms. The molecule has 1 atom stereocenters. The molecule has 1 aromatic rings. The molecule has 1 N–H and O–H groups in total. The van der Waals surface area contributed by atoms with E-state index in [9.17, 15) is 9.90 Å². The van der Waals surface area contributed by atoms with E-state index in [0.717, 1.165) is 12.8 Å². The lowest BCUT2D eigenvalue weighted by Gasteiger charge is -2.24. The fourth-order valence-corrected chi connectivity index (χ4v) is 2.36. The molecule has 1 unspecified atom stereocenters. The van der Waals surface area contributed by atoms with E-state index in [-0.39, 0.29) is 6.04 Å². The molecule has 0 spiro atoms. The minimum atomic E-state index is -0.692. The van der Waals surface area contributed by atoms with Crippen molar-refractivity contribution in [3.63, 3.8) is 0 Å². The van der Waals surface area contributed by atoms with E-state index >= 15 is 0 Å². The predicted octanol–water partition coefficient (Wildman–Crippen LogP) is 2.29. The highest BCUT2D eigenvalue weighted by atomic mass is 16.4. The van der Waals surface area contributed by atoms with Crippen molar-refractivity contribution in [2.24, 2.45) is 5.92 Å². The van der Waals surface area contributed by atoms with Gasteiger partial charge in [0, 0.05) is 6.54 Å². The minimum absolute atomic E-state index is 0.324. The second kappa shape index (κ2) is 4.88. The van der Waals surface area contributed by atoms with Crippen LogP contribution in [0.5, 0.6) is 0 Å². The average Bonchev–Trinajstić information content (AvgIpc) is 3.01. The lowest BCUT2D eigenvalue weighted by molar-refractivity contribution is -0.143. The van der Waals surface area contributed by atoms with Crippen molar-refractivity contribution in [1.29, 1.82) is 0 Å². The molecule has 0 heterocycles. The summed E-state index contributed by atoms with van der Waals surface area (Å²) in [5, 5.41) is 9.25. The van der Waals surface area contributed by atoms with E-state index < -0.39 is 5.97 Å². The second-order valence-corrected chi connectivity index (χ2v) is 5.02. The normalized spacial score (nSPS) is 17.1. The zero-order valence-corrected chi connectivity index (χ0v) is 10.4.